The number of hydrogen-bond donors (Lipinski definition) is 2. The van der Waals surface area contributed by atoms with Gasteiger partial charge in [-0.15, -0.1) is 24.0 Å². The molecule has 1 rings (SSSR count). The van der Waals surface area contributed by atoms with Crippen LogP contribution in [0.5, 0.6) is 0 Å². The molecule has 1 saturated heterocycles. The van der Waals surface area contributed by atoms with Crippen LogP contribution in [0.4, 0.5) is 13.2 Å². The van der Waals surface area contributed by atoms with E-state index in [1.54, 1.807) is 7.05 Å². The third kappa shape index (κ3) is 11.1. The number of hydrogen-bond acceptors (Lipinski definition) is 2. The summed E-state index contributed by atoms with van der Waals surface area (Å²) in [5, 5.41) is 6.61. The van der Waals surface area contributed by atoms with E-state index in [1.165, 1.54) is 24.2 Å². The zero-order valence-corrected chi connectivity index (χ0v) is 18.0. The highest BCUT2D eigenvalue weighted by Gasteiger charge is 2.34. The summed E-state index contributed by atoms with van der Waals surface area (Å²) >= 11 is 0. The van der Waals surface area contributed by atoms with Crippen LogP contribution in [0.3, 0.4) is 0 Å². The third-order valence-corrected chi connectivity index (χ3v) is 4.66. The van der Waals surface area contributed by atoms with Crippen molar-refractivity contribution in [3.05, 3.63) is 0 Å². The fourth-order valence-corrected chi connectivity index (χ4v) is 3.12. The van der Waals surface area contributed by atoms with Gasteiger partial charge < -0.3 is 10.6 Å². The summed E-state index contributed by atoms with van der Waals surface area (Å²) in [5.74, 6) is 1.63. The molecule has 1 aliphatic rings. The molecule has 2 N–H and O–H groups in total. The molecular weight excluding hydrogens is 444 g/mol. The fraction of sp³-hybridized carbons (Fsp3) is 0.941. The molecule has 8 heteroatoms. The Morgan fingerprint density at radius 1 is 1.28 bits per heavy atom. The van der Waals surface area contributed by atoms with Crippen LogP contribution in [0.2, 0.25) is 0 Å². The van der Waals surface area contributed by atoms with E-state index in [1.807, 2.05) is 0 Å². The lowest BCUT2D eigenvalue weighted by Crippen LogP contribution is -2.42. The van der Waals surface area contributed by atoms with Gasteiger partial charge in [-0.25, -0.2) is 0 Å². The molecule has 0 aromatic heterocycles. The summed E-state index contributed by atoms with van der Waals surface area (Å²) in [4.78, 5) is 5.70. The Kier molecular flexibility index (Phi) is 12.9. The molecule has 2 unspecified atom stereocenters. The summed E-state index contributed by atoms with van der Waals surface area (Å²) in [6.45, 7) is 6.17. The second-order valence-electron chi connectivity index (χ2n) is 6.76. The number of alkyl halides is 3. The second-order valence-corrected chi connectivity index (χ2v) is 6.76. The number of likely N-dealkylation sites (tertiary alicyclic amines) is 1. The molecule has 0 bridgehead atoms. The summed E-state index contributed by atoms with van der Waals surface area (Å²) in [5.41, 5.74) is 0. The summed E-state index contributed by atoms with van der Waals surface area (Å²) in [6, 6.07) is 0. The maximum atomic E-state index is 12.4. The lowest BCUT2D eigenvalue weighted by Gasteiger charge is -2.20. The van der Waals surface area contributed by atoms with Crippen molar-refractivity contribution in [3.8, 4) is 0 Å². The molecule has 1 heterocycles. The molecule has 0 amide bonds. The predicted molar refractivity (Wildman–Crippen MR) is 109 cm³/mol. The lowest BCUT2D eigenvalue weighted by atomic mass is 9.99. The van der Waals surface area contributed by atoms with Crippen LogP contribution in [0.1, 0.15) is 46.0 Å². The first-order valence-electron chi connectivity index (χ1n) is 9.11. The number of unbranched alkanes of at least 4 members (excludes halogenated alkanes) is 1. The average Bonchev–Trinajstić information content (AvgIpc) is 2.95. The van der Waals surface area contributed by atoms with Crippen LogP contribution in [-0.4, -0.2) is 56.8 Å². The first-order chi connectivity index (χ1) is 11.4. The van der Waals surface area contributed by atoms with Crippen LogP contribution < -0.4 is 10.6 Å². The van der Waals surface area contributed by atoms with Crippen molar-refractivity contribution in [1.29, 1.82) is 0 Å². The Bertz CT molecular complexity index is 377. The van der Waals surface area contributed by atoms with Gasteiger partial charge >= 0.3 is 6.18 Å². The monoisotopic (exact) mass is 478 g/mol. The summed E-state index contributed by atoms with van der Waals surface area (Å²) in [7, 11) is 1.73. The van der Waals surface area contributed by atoms with Gasteiger partial charge in [0.05, 0.1) is 6.54 Å². The average molecular weight is 478 g/mol. The zero-order valence-electron chi connectivity index (χ0n) is 15.7. The Balaban J connectivity index is 0.00000576. The van der Waals surface area contributed by atoms with Crippen molar-refractivity contribution in [3.63, 3.8) is 0 Å². The Labute approximate surface area is 167 Å². The molecule has 1 fully saturated rings. The fourth-order valence-electron chi connectivity index (χ4n) is 3.12. The van der Waals surface area contributed by atoms with E-state index in [4.69, 9.17) is 0 Å². The van der Waals surface area contributed by atoms with Crippen LogP contribution in [0, 0.1) is 11.8 Å². The second kappa shape index (κ2) is 13.0. The maximum absolute atomic E-state index is 12.4. The van der Waals surface area contributed by atoms with E-state index in [0.717, 1.165) is 25.3 Å². The standard InChI is InChI=1S/C17H33F3N4.HI/c1-4-6-7-14(5-2)10-22-16(21-3)23-11-15-8-9-24(12-15)13-17(18,19)20;/h14-15H,4-13H2,1-3H3,(H2,21,22,23);1H. The molecule has 0 spiro atoms. The van der Waals surface area contributed by atoms with Crippen molar-refractivity contribution < 1.29 is 13.2 Å². The van der Waals surface area contributed by atoms with Crippen molar-refractivity contribution >= 4 is 29.9 Å². The van der Waals surface area contributed by atoms with Crippen LogP contribution in [0.15, 0.2) is 4.99 Å². The minimum Gasteiger partial charge on any atom is -0.356 e. The van der Waals surface area contributed by atoms with Gasteiger partial charge in [0.25, 0.3) is 0 Å². The van der Waals surface area contributed by atoms with Crippen LogP contribution in [0.25, 0.3) is 0 Å². The summed E-state index contributed by atoms with van der Waals surface area (Å²) < 4.78 is 37.2. The predicted octanol–water partition coefficient (Wildman–Crippen LogP) is 3.87. The molecule has 150 valence electrons. The smallest absolute Gasteiger partial charge is 0.356 e. The van der Waals surface area contributed by atoms with Gasteiger partial charge in [0.1, 0.15) is 0 Å². The normalized spacial score (nSPS) is 20.2. The van der Waals surface area contributed by atoms with E-state index in [0.29, 0.717) is 25.6 Å². The number of aliphatic imine (C=N–C) groups is 1. The molecule has 0 aliphatic carbocycles. The van der Waals surface area contributed by atoms with Crippen molar-refractivity contribution in [2.24, 2.45) is 16.8 Å². The quantitative estimate of drug-likeness (QED) is 0.300. The highest BCUT2D eigenvalue weighted by molar-refractivity contribution is 14.0. The Morgan fingerprint density at radius 3 is 2.56 bits per heavy atom. The van der Waals surface area contributed by atoms with Gasteiger partial charge in [-0.2, -0.15) is 13.2 Å². The maximum Gasteiger partial charge on any atom is 0.401 e. The number of halogens is 4. The van der Waals surface area contributed by atoms with Crippen LogP contribution in [-0.2, 0) is 0 Å². The van der Waals surface area contributed by atoms with E-state index in [2.05, 4.69) is 29.5 Å². The number of guanidine groups is 1. The number of nitrogens with zero attached hydrogens (tertiary/aromatic N) is 2. The largest absolute Gasteiger partial charge is 0.401 e. The van der Waals surface area contributed by atoms with E-state index in [9.17, 15) is 13.2 Å². The van der Waals surface area contributed by atoms with E-state index >= 15 is 0 Å². The highest BCUT2D eigenvalue weighted by atomic mass is 127. The first kappa shape index (κ1) is 24.8. The third-order valence-electron chi connectivity index (χ3n) is 4.66. The Morgan fingerprint density at radius 2 is 2.00 bits per heavy atom. The van der Waals surface area contributed by atoms with Gasteiger partial charge in [0.2, 0.25) is 0 Å². The van der Waals surface area contributed by atoms with Crippen molar-refractivity contribution in [2.75, 3.05) is 39.8 Å². The van der Waals surface area contributed by atoms with Crippen molar-refractivity contribution in [2.45, 2.75) is 52.1 Å². The topological polar surface area (TPSA) is 39.7 Å². The molecule has 0 saturated carbocycles. The van der Waals surface area contributed by atoms with E-state index in [-0.39, 0.29) is 29.9 Å². The zero-order chi connectivity index (χ0) is 18.0. The SMILES string of the molecule is CCCCC(CC)CNC(=NC)NCC1CCN(CC(F)(F)F)C1.I. The molecular formula is C17H34F3IN4. The number of nitrogens with one attached hydrogen (secondary N) is 2. The minimum atomic E-state index is -4.10. The molecule has 0 aromatic rings. The highest BCUT2D eigenvalue weighted by Crippen LogP contribution is 2.22. The molecule has 0 aromatic carbocycles. The molecule has 2 atom stereocenters. The Hall–Kier alpha value is -0.250. The van der Waals surface area contributed by atoms with Gasteiger partial charge in [0.15, 0.2) is 5.96 Å². The lowest BCUT2D eigenvalue weighted by molar-refractivity contribution is -0.143. The molecule has 1 aliphatic heterocycles. The first-order valence-corrected chi connectivity index (χ1v) is 9.11. The minimum absolute atomic E-state index is 0. The van der Waals surface area contributed by atoms with Gasteiger partial charge in [-0.1, -0.05) is 33.1 Å². The summed E-state index contributed by atoms with van der Waals surface area (Å²) in [6.07, 6.45) is 1.50. The molecule has 4 nitrogen and oxygen atoms in total. The van der Waals surface area contributed by atoms with Gasteiger partial charge in [-0.3, -0.25) is 9.89 Å². The van der Waals surface area contributed by atoms with Gasteiger partial charge in [0, 0.05) is 26.7 Å². The molecule has 0 radical (unpaired) electrons. The van der Waals surface area contributed by atoms with E-state index < -0.39 is 12.7 Å². The molecule has 25 heavy (non-hydrogen) atoms. The van der Waals surface area contributed by atoms with Crippen molar-refractivity contribution in [1.82, 2.24) is 15.5 Å². The van der Waals surface area contributed by atoms with Gasteiger partial charge in [-0.05, 0) is 31.2 Å². The number of rotatable bonds is 9. The van der Waals surface area contributed by atoms with Crippen LogP contribution >= 0.6 is 24.0 Å².